The van der Waals surface area contributed by atoms with E-state index in [2.05, 4.69) is 4.72 Å². The van der Waals surface area contributed by atoms with Crippen molar-refractivity contribution in [1.82, 2.24) is 4.72 Å². The third-order valence-electron chi connectivity index (χ3n) is 3.51. The minimum Gasteiger partial charge on any atom is -0.396 e. The molecule has 0 unspecified atom stereocenters. The van der Waals surface area contributed by atoms with E-state index in [1.54, 1.807) is 12.1 Å². The predicted octanol–water partition coefficient (Wildman–Crippen LogP) is 2.67. The predicted molar refractivity (Wildman–Crippen MR) is 85.8 cm³/mol. The van der Waals surface area contributed by atoms with Crippen molar-refractivity contribution in [2.24, 2.45) is 5.41 Å². The van der Waals surface area contributed by atoms with Crippen LogP contribution in [0.2, 0.25) is 0 Å². The Bertz CT molecular complexity index is 571. The first-order valence-corrected chi connectivity index (χ1v) is 8.68. The number of aliphatic hydroxyl groups excluding tert-OH is 1. The molecule has 120 valence electrons. The summed E-state index contributed by atoms with van der Waals surface area (Å²) in [4.78, 5) is 0.331. The van der Waals surface area contributed by atoms with Crippen molar-refractivity contribution in [1.29, 1.82) is 0 Å². The van der Waals surface area contributed by atoms with Gasteiger partial charge in [-0.3, -0.25) is 0 Å². The lowest BCUT2D eigenvalue weighted by Crippen LogP contribution is -2.35. The number of benzene rings is 1. The summed E-state index contributed by atoms with van der Waals surface area (Å²) < 4.78 is 27.8. The van der Waals surface area contributed by atoms with E-state index < -0.39 is 10.0 Å². The molecule has 5 heteroatoms. The summed E-state index contributed by atoms with van der Waals surface area (Å²) in [6, 6.07) is 7.09. The van der Waals surface area contributed by atoms with Gasteiger partial charge in [0.1, 0.15) is 0 Å². The monoisotopic (exact) mass is 313 g/mol. The summed E-state index contributed by atoms with van der Waals surface area (Å²) in [6.07, 6.45) is 0.552. The normalized spacial score (nSPS) is 13.4. The van der Waals surface area contributed by atoms with E-state index in [-0.39, 0.29) is 17.4 Å². The highest BCUT2D eigenvalue weighted by molar-refractivity contribution is 7.89. The van der Waals surface area contributed by atoms with Gasteiger partial charge in [-0.05, 0) is 28.9 Å². The highest BCUT2D eigenvalue weighted by Gasteiger charge is 2.27. The minimum absolute atomic E-state index is 0.0489. The van der Waals surface area contributed by atoms with E-state index in [0.29, 0.717) is 17.9 Å². The summed E-state index contributed by atoms with van der Waals surface area (Å²) in [5, 5.41) is 9.02. The number of sulfonamides is 1. The topological polar surface area (TPSA) is 66.4 Å². The molecule has 0 heterocycles. The van der Waals surface area contributed by atoms with E-state index in [0.717, 1.165) is 5.56 Å². The molecule has 0 radical (unpaired) electrons. The van der Waals surface area contributed by atoms with Crippen LogP contribution >= 0.6 is 0 Å². The van der Waals surface area contributed by atoms with Gasteiger partial charge < -0.3 is 5.11 Å². The molecule has 0 saturated heterocycles. The largest absolute Gasteiger partial charge is 0.396 e. The Hall–Kier alpha value is -0.910. The van der Waals surface area contributed by atoms with Gasteiger partial charge in [0.05, 0.1) is 4.90 Å². The molecular weight excluding hydrogens is 286 g/mol. The summed E-state index contributed by atoms with van der Waals surface area (Å²) in [7, 11) is -3.56. The van der Waals surface area contributed by atoms with Crippen LogP contribution in [0.15, 0.2) is 29.2 Å². The number of aliphatic hydroxyl groups is 1. The molecule has 0 atom stereocenters. The van der Waals surface area contributed by atoms with Gasteiger partial charge in [-0.15, -0.1) is 0 Å². The van der Waals surface area contributed by atoms with Gasteiger partial charge in [0.15, 0.2) is 0 Å². The highest BCUT2D eigenvalue weighted by atomic mass is 32.2. The van der Waals surface area contributed by atoms with E-state index in [1.165, 1.54) is 0 Å². The summed E-state index contributed by atoms with van der Waals surface area (Å²) in [6.45, 7) is 10.2. The summed E-state index contributed by atoms with van der Waals surface area (Å²) in [5.41, 5.74) is 0.280. The molecule has 0 aliphatic carbocycles. The fraction of sp³-hybridized carbons (Fsp3) is 0.625. The van der Waals surface area contributed by atoms with Crippen molar-refractivity contribution >= 4 is 10.0 Å². The SMILES string of the molecule is CC(C)(CCO)CNS(=O)(=O)c1ccccc1C(C)(C)C. The van der Waals surface area contributed by atoms with Crippen LogP contribution in [-0.4, -0.2) is 26.7 Å². The van der Waals surface area contributed by atoms with Crippen LogP contribution in [0.3, 0.4) is 0 Å². The molecule has 2 N–H and O–H groups in total. The zero-order valence-corrected chi connectivity index (χ0v) is 14.4. The molecule has 0 aliphatic rings. The maximum atomic E-state index is 12.6. The first-order chi connectivity index (χ1) is 9.49. The summed E-state index contributed by atoms with van der Waals surface area (Å²) in [5.74, 6) is 0. The standard InChI is InChI=1S/C16H27NO3S/c1-15(2,3)13-8-6-7-9-14(13)21(19,20)17-12-16(4,5)10-11-18/h6-9,17-18H,10-12H2,1-5H3. The Balaban J connectivity index is 3.05. The van der Waals surface area contributed by atoms with E-state index in [4.69, 9.17) is 5.11 Å². The number of nitrogens with one attached hydrogen (secondary N) is 1. The van der Waals surface area contributed by atoms with Crippen LogP contribution < -0.4 is 4.72 Å². The first kappa shape index (κ1) is 18.1. The molecule has 0 bridgehead atoms. The van der Waals surface area contributed by atoms with Gasteiger partial charge in [-0.1, -0.05) is 52.8 Å². The zero-order valence-electron chi connectivity index (χ0n) is 13.6. The average Bonchev–Trinajstić information content (AvgIpc) is 2.36. The Morgan fingerprint density at radius 1 is 1.10 bits per heavy atom. The molecule has 1 rings (SSSR count). The molecule has 0 aromatic heterocycles. The van der Waals surface area contributed by atoms with Gasteiger partial charge in [-0.2, -0.15) is 0 Å². The Morgan fingerprint density at radius 2 is 1.67 bits per heavy atom. The second-order valence-electron chi connectivity index (χ2n) is 7.21. The fourth-order valence-corrected chi connectivity index (χ4v) is 3.74. The number of rotatable bonds is 6. The second kappa shape index (κ2) is 6.46. The Labute approximate surface area is 128 Å². The van der Waals surface area contributed by atoms with E-state index >= 15 is 0 Å². The highest BCUT2D eigenvalue weighted by Crippen LogP contribution is 2.29. The lowest BCUT2D eigenvalue weighted by Gasteiger charge is -2.26. The molecule has 0 fully saturated rings. The van der Waals surface area contributed by atoms with Gasteiger partial charge in [0.25, 0.3) is 0 Å². The quantitative estimate of drug-likeness (QED) is 0.848. The van der Waals surface area contributed by atoms with Crippen molar-refractivity contribution < 1.29 is 13.5 Å². The maximum Gasteiger partial charge on any atom is 0.240 e. The van der Waals surface area contributed by atoms with Gasteiger partial charge in [-0.25, -0.2) is 13.1 Å². The zero-order chi connectivity index (χ0) is 16.3. The third kappa shape index (κ3) is 5.09. The van der Waals surface area contributed by atoms with Crippen molar-refractivity contribution in [3.63, 3.8) is 0 Å². The van der Waals surface area contributed by atoms with Crippen LogP contribution in [0.1, 0.15) is 46.6 Å². The fourth-order valence-electron chi connectivity index (χ4n) is 2.08. The number of hydrogen-bond donors (Lipinski definition) is 2. The van der Waals surface area contributed by atoms with Crippen LogP contribution in [0.4, 0.5) is 0 Å². The second-order valence-corrected chi connectivity index (χ2v) is 8.94. The van der Waals surface area contributed by atoms with Crippen molar-refractivity contribution in [2.75, 3.05) is 13.2 Å². The van der Waals surface area contributed by atoms with Crippen LogP contribution in [0.25, 0.3) is 0 Å². The van der Waals surface area contributed by atoms with Crippen molar-refractivity contribution in [3.05, 3.63) is 29.8 Å². The molecular formula is C16H27NO3S. The Morgan fingerprint density at radius 3 is 2.19 bits per heavy atom. The molecule has 21 heavy (non-hydrogen) atoms. The molecule has 0 aliphatic heterocycles. The molecule has 1 aromatic rings. The lowest BCUT2D eigenvalue weighted by atomic mass is 9.87. The van der Waals surface area contributed by atoms with Crippen molar-refractivity contribution in [2.45, 2.75) is 51.3 Å². The lowest BCUT2D eigenvalue weighted by molar-refractivity contribution is 0.213. The smallest absolute Gasteiger partial charge is 0.240 e. The molecule has 0 amide bonds. The maximum absolute atomic E-state index is 12.6. The molecule has 0 saturated carbocycles. The molecule has 1 aromatic carbocycles. The Kier molecular flexibility index (Phi) is 5.58. The average molecular weight is 313 g/mol. The van der Waals surface area contributed by atoms with Gasteiger partial charge in [0.2, 0.25) is 10.0 Å². The molecule has 0 spiro atoms. The third-order valence-corrected chi connectivity index (χ3v) is 4.97. The van der Waals surface area contributed by atoms with E-state index in [1.807, 2.05) is 46.8 Å². The van der Waals surface area contributed by atoms with Gasteiger partial charge >= 0.3 is 0 Å². The first-order valence-electron chi connectivity index (χ1n) is 7.20. The minimum atomic E-state index is -3.56. The number of hydrogen-bond acceptors (Lipinski definition) is 3. The van der Waals surface area contributed by atoms with Crippen LogP contribution in [0.5, 0.6) is 0 Å². The summed E-state index contributed by atoms with van der Waals surface area (Å²) >= 11 is 0. The molecule has 4 nitrogen and oxygen atoms in total. The van der Waals surface area contributed by atoms with Crippen molar-refractivity contribution in [3.8, 4) is 0 Å². The van der Waals surface area contributed by atoms with Crippen LogP contribution in [-0.2, 0) is 15.4 Å². The van der Waals surface area contributed by atoms with Gasteiger partial charge in [0, 0.05) is 13.2 Å². The van der Waals surface area contributed by atoms with Crippen LogP contribution in [0, 0.1) is 5.41 Å². The van der Waals surface area contributed by atoms with E-state index in [9.17, 15) is 8.42 Å².